The van der Waals surface area contributed by atoms with Crippen LogP contribution in [0.2, 0.25) is 0 Å². The summed E-state index contributed by atoms with van der Waals surface area (Å²) in [6, 6.07) is 7.98. The van der Waals surface area contributed by atoms with Gasteiger partial charge in [0, 0.05) is 29.5 Å². The molecule has 0 aliphatic carbocycles. The molecule has 0 saturated heterocycles. The van der Waals surface area contributed by atoms with Crippen LogP contribution >= 0.6 is 0 Å². The number of aromatic nitrogens is 3. The summed E-state index contributed by atoms with van der Waals surface area (Å²) in [6.07, 6.45) is 2.22. The molecule has 0 aliphatic heterocycles. The van der Waals surface area contributed by atoms with Gasteiger partial charge in [0.05, 0.1) is 12.1 Å². The van der Waals surface area contributed by atoms with Gasteiger partial charge < -0.3 is 10.7 Å². The fraction of sp³-hybridized carbons (Fsp3) is 0.250. The zero-order chi connectivity index (χ0) is 15.0. The highest BCUT2D eigenvalue weighted by atomic mass is 16.2. The molecule has 108 valence electrons. The summed E-state index contributed by atoms with van der Waals surface area (Å²) in [5.41, 5.74) is 10.4. The third-order valence-corrected chi connectivity index (χ3v) is 3.85. The van der Waals surface area contributed by atoms with E-state index < -0.39 is 0 Å². The molecule has 0 bridgehead atoms. The monoisotopic (exact) mass is 282 g/mol. The van der Waals surface area contributed by atoms with Crippen LogP contribution in [0.15, 0.2) is 30.5 Å². The number of carbonyl (C=O) groups is 1. The fourth-order valence-electron chi connectivity index (χ4n) is 2.68. The molecule has 3 rings (SSSR count). The van der Waals surface area contributed by atoms with Gasteiger partial charge in [-0.1, -0.05) is 6.07 Å². The van der Waals surface area contributed by atoms with Crippen LogP contribution in [0.5, 0.6) is 0 Å². The Morgan fingerprint density at radius 3 is 2.86 bits per heavy atom. The Morgan fingerprint density at radius 2 is 2.14 bits per heavy atom. The Kier molecular flexibility index (Phi) is 3.35. The highest BCUT2D eigenvalue weighted by Crippen LogP contribution is 2.16. The standard InChI is InChI=1S/C16H18N4O/c1-10-14(9-17)11(2)20(19-10)16(21)8-12-3-4-15-13(7-12)5-6-18-15/h3-7,18H,8-9,17H2,1-2H3. The summed E-state index contributed by atoms with van der Waals surface area (Å²) in [6.45, 7) is 4.17. The Morgan fingerprint density at radius 1 is 1.33 bits per heavy atom. The lowest BCUT2D eigenvalue weighted by molar-refractivity contribution is 0.0895. The van der Waals surface area contributed by atoms with E-state index in [4.69, 9.17) is 5.73 Å². The van der Waals surface area contributed by atoms with Gasteiger partial charge in [-0.15, -0.1) is 0 Å². The number of benzene rings is 1. The first kappa shape index (κ1) is 13.6. The number of rotatable bonds is 3. The summed E-state index contributed by atoms with van der Waals surface area (Å²) < 4.78 is 1.47. The molecule has 0 radical (unpaired) electrons. The molecule has 0 aliphatic rings. The van der Waals surface area contributed by atoms with E-state index >= 15 is 0 Å². The third kappa shape index (κ3) is 2.36. The molecule has 0 fully saturated rings. The predicted octanol–water partition coefficient (Wildman–Crippen LogP) is 2.32. The van der Waals surface area contributed by atoms with Gasteiger partial charge in [-0.05, 0) is 43.0 Å². The fourth-order valence-corrected chi connectivity index (χ4v) is 2.68. The van der Waals surface area contributed by atoms with E-state index in [1.807, 2.05) is 44.3 Å². The molecule has 21 heavy (non-hydrogen) atoms. The number of nitrogens with zero attached hydrogens (tertiary/aromatic N) is 2. The van der Waals surface area contributed by atoms with E-state index in [9.17, 15) is 4.79 Å². The Hall–Kier alpha value is -2.40. The normalized spacial score (nSPS) is 11.2. The number of H-pyrrole nitrogens is 1. The van der Waals surface area contributed by atoms with Crippen LogP contribution in [0.3, 0.4) is 0 Å². The number of hydrogen-bond donors (Lipinski definition) is 2. The predicted molar refractivity (Wildman–Crippen MR) is 82.2 cm³/mol. The lowest BCUT2D eigenvalue weighted by Gasteiger charge is -2.04. The zero-order valence-electron chi connectivity index (χ0n) is 12.2. The molecule has 0 atom stereocenters. The van der Waals surface area contributed by atoms with Crippen LogP contribution in [0.4, 0.5) is 0 Å². The number of fused-ring (bicyclic) bond motifs is 1. The second kappa shape index (κ2) is 5.18. The summed E-state index contributed by atoms with van der Waals surface area (Å²) in [4.78, 5) is 15.6. The van der Waals surface area contributed by atoms with Crippen molar-refractivity contribution < 1.29 is 4.79 Å². The summed E-state index contributed by atoms with van der Waals surface area (Å²) in [5, 5.41) is 5.42. The molecule has 1 aromatic carbocycles. The first-order valence-electron chi connectivity index (χ1n) is 6.94. The number of aryl methyl sites for hydroxylation is 1. The Labute approximate surface area is 122 Å². The number of nitrogens with two attached hydrogens (primary N) is 1. The van der Waals surface area contributed by atoms with E-state index in [0.29, 0.717) is 13.0 Å². The van der Waals surface area contributed by atoms with Gasteiger partial charge in [0.1, 0.15) is 0 Å². The average Bonchev–Trinajstić information content (AvgIpc) is 3.02. The molecule has 0 amide bonds. The number of hydrogen-bond acceptors (Lipinski definition) is 3. The van der Waals surface area contributed by atoms with E-state index in [-0.39, 0.29) is 5.91 Å². The van der Waals surface area contributed by atoms with Gasteiger partial charge in [0.15, 0.2) is 0 Å². The molecular formula is C16H18N4O. The van der Waals surface area contributed by atoms with E-state index in [0.717, 1.165) is 33.4 Å². The average molecular weight is 282 g/mol. The quantitative estimate of drug-likeness (QED) is 0.774. The summed E-state index contributed by atoms with van der Waals surface area (Å²) in [7, 11) is 0. The minimum absolute atomic E-state index is 0.0369. The highest BCUT2D eigenvalue weighted by Gasteiger charge is 2.16. The lowest BCUT2D eigenvalue weighted by Crippen LogP contribution is -2.17. The number of carbonyl (C=O) groups excluding carboxylic acids is 1. The maximum atomic E-state index is 12.4. The molecule has 0 spiro atoms. The lowest BCUT2D eigenvalue weighted by atomic mass is 10.1. The van der Waals surface area contributed by atoms with Crippen molar-refractivity contribution in [2.24, 2.45) is 5.73 Å². The van der Waals surface area contributed by atoms with Gasteiger partial charge in [-0.2, -0.15) is 5.10 Å². The molecule has 5 heteroatoms. The smallest absolute Gasteiger partial charge is 0.251 e. The van der Waals surface area contributed by atoms with Crippen molar-refractivity contribution in [3.05, 3.63) is 53.0 Å². The molecule has 0 unspecified atom stereocenters. The molecule has 0 saturated carbocycles. The van der Waals surface area contributed by atoms with Crippen LogP contribution in [0, 0.1) is 13.8 Å². The third-order valence-electron chi connectivity index (χ3n) is 3.85. The van der Waals surface area contributed by atoms with Gasteiger partial charge in [-0.3, -0.25) is 4.79 Å². The molecule has 3 N–H and O–H groups in total. The SMILES string of the molecule is Cc1nn(C(=O)Cc2ccc3[nH]ccc3c2)c(C)c1CN. The first-order chi connectivity index (χ1) is 10.1. The largest absolute Gasteiger partial charge is 0.361 e. The van der Waals surface area contributed by atoms with Crippen molar-refractivity contribution in [1.82, 2.24) is 14.8 Å². The van der Waals surface area contributed by atoms with Crippen molar-refractivity contribution in [2.75, 3.05) is 0 Å². The maximum absolute atomic E-state index is 12.4. The molecule has 3 aromatic rings. The molecule has 5 nitrogen and oxygen atoms in total. The van der Waals surface area contributed by atoms with Gasteiger partial charge in [-0.25, -0.2) is 4.68 Å². The van der Waals surface area contributed by atoms with E-state index in [2.05, 4.69) is 10.1 Å². The molecule has 2 aromatic heterocycles. The minimum Gasteiger partial charge on any atom is -0.361 e. The Bertz CT molecular complexity index is 813. The zero-order valence-corrected chi connectivity index (χ0v) is 12.2. The number of aromatic amines is 1. The maximum Gasteiger partial charge on any atom is 0.251 e. The first-order valence-corrected chi connectivity index (χ1v) is 6.94. The van der Waals surface area contributed by atoms with Crippen LogP contribution in [-0.2, 0) is 13.0 Å². The van der Waals surface area contributed by atoms with Gasteiger partial charge in [0.2, 0.25) is 0 Å². The van der Waals surface area contributed by atoms with Crippen molar-refractivity contribution >= 4 is 16.8 Å². The summed E-state index contributed by atoms with van der Waals surface area (Å²) in [5.74, 6) is -0.0369. The van der Waals surface area contributed by atoms with Crippen LogP contribution in [0.1, 0.15) is 27.3 Å². The van der Waals surface area contributed by atoms with Crippen molar-refractivity contribution in [3.8, 4) is 0 Å². The minimum atomic E-state index is -0.0369. The van der Waals surface area contributed by atoms with Crippen molar-refractivity contribution in [1.29, 1.82) is 0 Å². The second-order valence-electron chi connectivity index (χ2n) is 5.24. The van der Waals surface area contributed by atoms with E-state index in [1.165, 1.54) is 4.68 Å². The Balaban J connectivity index is 1.89. The molecule has 2 heterocycles. The second-order valence-corrected chi connectivity index (χ2v) is 5.24. The highest BCUT2D eigenvalue weighted by molar-refractivity contribution is 5.84. The van der Waals surface area contributed by atoms with Gasteiger partial charge in [0.25, 0.3) is 5.91 Å². The molecular weight excluding hydrogens is 264 g/mol. The van der Waals surface area contributed by atoms with Crippen LogP contribution in [0.25, 0.3) is 10.9 Å². The van der Waals surface area contributed by atoms with Gasteiger partial charge >= 0.3 is 0 Å². The topological polar surface area (TPSA) is 76.7 Å². The van der Waals surface area contributed by atoms with Crippen molar-refractivity contribution in [3.63, 3.8) is 0 Å². The van der Waals surface area contributed by atoms with Crippen LogP contribution in [-0.4, -0.2) is 20.7 Å². The summed E-state index contributed by atoms with van der Waals surface area (Å²) >= 11 is 0. The van der Waals surface area contributed by atoms with Crippen molar-refractivity contribution in [2.45, 2.75) is 26.8 Å². The van der Waals surface area contributed by atoms with Crippen LogP contribution < -0.4 is 5.73 Å². The van der Waals surface area contributed by atoms with E-state index in [1.54, 1.807) is 0 Å². The number of nitrogens with one attached hydrogen (secondary N) is 1.